The quantitative estimate of drug-likeness (QED) is 0.770. The van der Waals surface area contributed by atoms with Gasteiger partial charge in [0.15, 0.2) is 0 Å². The van der Waals surface area contributed by atoms with Gasteiger partial charge in [-0.3, -0.25) is 0 Å². The van der Waals surface area contributed by atoms with E-state index < -0.39 is 0 Å². The summed E-state index contributed by atoms with van der Waals surface area (Å²) < 4.78 is 5.33. The highest BCUT2D eigenvalue weighted by molar-refractivity contribution is 5.60. The average molecular weight is 243 g/mol. The minimum Gasteiger partial charge on any atom is -0.495 e. The zero-order valence-electron chi connectivity index (χ0n) is 10.8. The Bertz CT molecular complexity index is 453. The molecule has 0 aliphatic carbocycles. The third-order valence-electron chi connectivity index (χ3n) is 2.66. The second-order valence-electron chi connectivity index (χ2n) is 3.98. The topological polar surface area (TPSA) is 60.0 Å². The number of hydrogen-bond acceptors (Lipinski definition) is 4. The Morgan fingerprint density at radius 2 is 1.78 bits per heavy atom. The lowest BCUT2D eigenvalue weighted by Gasteiger charge is -2.25. The second-order valence-corrected chi connectivity index (χ2v) is 3.98. The van der Waals surface area contributed by atoms with Crippen LogP contribution in [0.4, 0.5) is 5.69 Å². The maximum Gasteiger partial charge on any atom is 0.142 e. The van der Waals surface area contributed by atoms with Crippen molar-refractivity contribution in [2.45, 2.75) is 19.8 Å². The Balaban J connectivity index is 2.99. The van der Waals surface area contributed by atoms with Crippen LogP contribution in [0, 0.1) is 29.6 Å². The summed E-state index contributed by atoms with van der Waals surface area (Å²) in [6.45, 7) is 3.23. The smallest absolute Gasteiger partial charge is 0.142 e. The fraction of sp³-hybridized carbons (Fsp3) is 0.429. The molecule has 18 heavy (non-hydrogen) atoms. The van der Waals surface area contributed by atoms with Crippen molar-refractivity contribution in [2.24, 2.45) is 0 Å². The molecule has 94 valence electrons. The molecule has 1 aromatic carbocycles. The number of benzene rings is 1. The number of nitriles is 2. The van der Waals surface area contributed by atoms with Crippen LogP contribution in [-0.4, -0.2) is 20.2 Å². The van der Waals surface area contributed by atoms with Crippen LogP contribution in [0.3, 0.4) is 0 Å². The lowest BCUT2D eigenvalue weighted by atomic mass is 10.1. The first-order valence-electron chi connectivity index (χ1n) is 5.86. The molecule has 0 saturated carbocycles. The van der Waals surface area contributed by atoms with Crippen molar-refractivity contribution in [2.75, 3.05) is 25.1 Å². The molecule has 0 N–H and O–H groups in total. The largest absolute Gasteiger partial charge is 0.495 e. The predicted molar refractivity (Wildman–Crippen MR) is 70.4 cm³/mol. The standard InChI is InChI=1S/C14H17N3O/c1-12-5-6-14(18-2)13(11-12)17(9-3-7-15)10-4-8-16/h5-6,11H,3-4,9-10H2,1-2H3. The molecule has 1 rings (SSSR count). The Kier molecular flexibility index (Phi) is 5.54. The molecule has 0 fully saturated rings. The number of aryl methyl sites for hydroxylation is 1. The predicted octanol–water partition coefficient (Wildman–Crippen LogP) is 2.64. The minimum atomic E-state index is 0.433. The van der Waals surface area contributed by atoms with E-state index in [4.69, 9.17) is 15.3 Å². The van der Waals surface area contributed by atoms with Crippen LogP contribution < -0.4 is 9.64 Å². The molecule has 0 spiro atoms. The number of anilines is 1. The van der Waals surface area contributed by atoms with E-state index in [0.29, 0.717) is 25.9 Å². The van der Waals surface area contributed by atoms with Gasteiger partial charge in [0.2, 0.25) is 0 Å². The van der Waals surface area contributed by atoms with Crippen LogP contribution in [0.25, 0.3) is 0 Å². The lowest BCUT2D eigenvalue weighted by Crippen LogP contribution is -2.25. The third-order valence-corrected chi connectivity index (χ3v) is 2.66. The third kappa shape index (κ3) is 3.68. The second kappa shape index (κ2) is 7.19. The van der Waals surface area contributed by atoms with Gasteiger partial charge in [0.1, 0.15) is 5.75 Å². The van der Waals surface area contributed by atoms with Crippen LogP contribution in [0.1, 0.15) is 18.4 Å². The fourth-order valence-electron chi connectivity index (χ4n) is 1.77. The van der Waals surface area contributed by atoms with Gasteiger partial charge in [-0.05, 0) is 24.6 Å². The van der Waals surface area contributed by atoms with Crippen molar-refractivity contribution in [3.8, 4) is 17.9 Å². The van der Waals surface area contributed by atoms with Gasteiger partial charge >= 0.3 is 0 Å². The molecule has 0 heterocycles. The molecule has 1 aromatic rings. The summed E-state index contributed by atoms with van der Waals surface area (Å²) in [5, 5.41) is 17.4. The van der Waals surface area contributed by atoms with Crippen LogP contribution >= 0.6 is 0 Å². The van der Waals surface area contributed by atoms with Crippen molar-refractivity contribution in [3.05, 3.63) is 23.8 Å². The first-order chi connectivity index (χ1) is 8.72. The molecule has 0 unspecified atom stereocenters. The van der Waals surface area contributed by atoms with E-state index in [2.05, 4.69) is 12.1 Å². The van der Waals surface area contributed by atoms with Crippen molar-refractivity contribution < 1.29 is 4.74 Å². The van der Waals surface area contributed by atoms with Crippen LogP contribution in [0.2, 0.25) is 0 Å². The van der Waals surface area contributed by atoms with Gasteiger partial charge in [-0.15, -0.1) is 0 Å². The van der Waals surface area contributed by atoms with Gasteiger partial charge in [-0.1, -0.05) is 6.07 Å². The number of ether oxygens (including phenoxy) is 1. The number of methoxy groups -OCH3 is 1. The van der Waals surface area contributed by atoms with Gasteiger partial charge in [0, 0.05) is 13.1 Å². The molecule has 0 saturated heterocycles. The van der Waals surface area contributed by atoms with E-state index in [1.165, 1.54) is 0 Å². The van der Waals surface area contributed by atoms with Gasteiger partial charge in [0.25, 0.3) is 0 Å². The van der Waals surface area contributed by atoms with Crippen LogP contribution in [0.15, 0.2) is 18.2 Å². The van der Waals surface area contributed by atoms with Gasteiger partial charge in [0.05, 0.1) is 37.8 Å². The Labute approximate surface area is 108 Å². The highest BCUT2D eigenvalue weighted by Crippen LogP contribution is 2.29. The Morgan fingerprint density at radius 1 is 1.17 bits per heavy atom. The van der Waals surface area contributed by atoms with Crippen molar-refractivity contribution in [1.82, 2.24) is 0 Å². The number of hydrogen-bond donors (Lipinski definition) is 0. The van der Waals surface area contributed by atoms with E-state index in [1.54, 1.807) is 7.11 Å². The molecule has 0 radical (unpaired) electrons. The summed E-state index contributed by atoms with van der Waals surface area (Å²) in [7, 11) is 1.63. The normalized spacial score (nSPS) is 9.33. The summed E-state index contributed by atoms with van der Waals surface area (Å²) in [6.07, 6.45) is 0.866. The van der Waals surface area contributed by atoms with Gasteiger partial charge in [-0.2, -0.15) is 10.5 Å². The molecule has 0 aliphatic heterocycles. The first kappa shape index (κ1) is 13.9. The molecule has 0 aromatic heterocycles. The maximum absolute atomic E-state index is 8.70. The molecule has 4 heteroatoms. The van der Waals surface area contributed by atoms with E-state index in [0.717, 1.165) is 17.0 Å². The fourth-order valence-corrected chi connectivity index (χ4v) is 1.77. The lowest BCUT2D eigenvalue weighted by molar-refractivity contribution is 0.414. The van der Waals surface area contributed by atoms with E-state index in [1.807, 2.05) is 30.0 Å². The highest BCUT2D eigenvalue weighted by atomic mass is 16.5. The Morgan fingerprint density at radius 3 is 2.28 bits per heavy atom. The molecule has 4 nitrogen and oxygen atoms in total. The van der Waals surface area contributed by atoms with Crippen LogP contribution in [-0.2, 0) is 0 Å². The number of nitrogens with zero attached hydrogens (tertiary/aromatic N) is 3. The first-order valence-corrected chi connectivity index (χ1v) is 5.86. The van der Waals surface area contributed by atoms with E-state index in [-0.39, 0.29) is 0 Å². The van der Waals surface area contributed by atoms with Crippen molar-refractivity contribution in [3.63, 3.8) is 0 Å². The zero-order chi connectivity index (χ0) is 13.4. The minimum absolute atomic E-state index is 0.433. The molecule has 0 aliphatic rings. The van der Waals surface area contributed by atoms with E-state index in [9.17, 15) is 0 Å². The molecular formula is C14H17N3O. The summed E-state index contributed by atoms with van der Waals surface area (Å²) in [6, 6.07) is 10.2. The summed E-state index contributed by atoms with van der Waals surface area (Å²) in [5.41, 5.74) is 2.08. The van der Waals surface area contributed by atoms with E-state index >= 15 is 0 Å². The zero-order valence-corrected chi connectivity index (χ0v) is 10.8. The summed E-state index contributed by atoms with van der Waals surface area (Å²) in [4.78, 5) is 2.03. The monoisotopic (exact) mass is 243 g/mol. The number of rotatable bonds is 6. The highest BCUT2D eigenvalue weighted by Gasteiger charge is 2.11. The van der Waals surface area contributed by atoms with Crippen molar-refractivity contribution >= 4 is 5.69 Å². The molecular weight excluding hydrogens is 226 g/mol. The SMILES string of the molecule is COc1ccc(C)cc1N(CCC#N)CCC#N. The Hall–Kier alpha value is -2.20. The summed E-state index contributed by atoms with van der Waals surface area (Å²) >= 11 is 0. The maximum atomic E-state index is 8.70. The van der Waals surface area contributed by atoms with Crippen LogP contribution in [0.5, 0.6) is 5.75 Å². The van der Waals surface area contributed by atoms with Gasteiger partial charge in [-0.25, -0.2) is 0 Å². The molecule has 0 atom stereocenters. The average Bonchev–Trinajstić information content (AvgIpc) is 2.39. The van der Waals surface area contributed by atoms with Gasteiger partial charge < -0.3 is 9.64 Å². The summed E-state index contributed by atoms with van der Waals surface area (Å²) in [5.74, 6) is 0.775. The molecule has 0 amide bonds. The molecule has 0 bridgehead atoms. The van der Waals surface area contributed by atoms with Crippen molar-refractivity contribution in [1.29, 1.82) is 10.5 Å².